The summed E-state index contributed by atoms with van der Waals surface area (Å²) < 4.78 is 23.0. The van der Waals surface area contributed by atoms with Crippen LogP contribution in [0.4, 0.5) is 0 Å². The van der Waals surface area contributed by atoms with E-state index in [1.807, 2.05) is 0 Å². The largest absolute Gasteiger partial charge is 0.395 e. The monoisotopic (exact) mass is 300 g/mol. The average Bonchev–Trinajstić information content (AvgIpc) is 2.76. The van der Waals surface area contributed by atoms with Crippen LogP contribution in [0.3, 0.4) is 0 Å². The Morgan fingerprint density at radius 2 is 2.25 bits per heavy atom. The van der Waals surface area contributed by atoms with Crippen LogP contribution in [0.5, 0.6) is 0 Å². The van der Waals surface area contributed by atoms with E-state index >= 15 is 0 Å². The lowest BCUT2D eigenvalue weighted by Crippen LogP contribution is -2.44. The third-order valence-electron chi connectivity index (χ3n) is 3.31. The zero-order valence-corrected chi connectivity index (χ0v) is 11.6. The second-order valence-electron chi connectivity index (χ2n) is 4.70. The van der Waals surface area contributed by atoms with E-state index in [0.29, 0.717) is 6.42 Å². The van der Waals surface area contributed by atoms with E-state index in [4.69, 9.17) is 5.11 Å². The number of nitrogens with zero attached hydrogens (tertiary/aromatic N) is 1. The van der Waals surface area contributed by atoms with E-state index < -0.39 is 27.2 Å². The van der Waals surface area contributed by atoms with Crippen molar-refractivity contribution in [2.24, 2.45) is 0 Å². The van der Waals surface area contributed by atoms with Crippen molar-refractivity contribution < 1.29 is 18.3 Å². The molecular weight excluding hydrogens is 284 g/mol. The summed E-state index contributed by atoms with van der Waals surface area (Å²) in [5, 5.41) is 9.06. The molecule has 2 N–H and O–H groups in total. The maximum absolute atomic E-state index is 12.4. The highest BCUT2D eigenvalue weighted by Crippen LogP contribution is 2.19. The highest BCUT2D eigenvalue weighted by atomic mass is 32.2. The van der Waals surface area contributed by atoms with Gasteiger partial charge in [0.05, 0.1) is 18.1 Å². The lowest BCUT2D eigenvalue weighted by molar-refractivity contribution is 0.0653. The lowest BCUT2D eigenvalue weighted by Gasteiger charge is -2.27. The van der Waals surface area contributed by atoms with Crippen LogP contribution >= 0.6 is 0 Å². The van der Waals surface area contributed by atoms with Gasteiger partial charge in [0.15, 0.2) is 15.3 Å². The number of aliphatic hydroxyl groups is 1. The number of aromatic amines is 1. The quantitative estimate of drug-likeness (QED) is 0.741. The molecule has 0 spiro atoms. The highest BCUT2D eigenvalue weighted by Gasteiger charge is 2.35. The van der Waals surface area contributed by atoms with Crippen LogP contribution in [-0.4, -0.2) is 60.0 Å². The first kappa shape index (κ1) is 14.7. The van der Waals surface area contributed by atoms with Gasteiger partial charge in [-0.25, -0.2) is 8.42 Å². The zero-order chi connectivity index (χ0) is 14.8. The molecule has 0 radical (unpaired) electrons. The Morgan fingerprint density at radius 1 is 1.50 bits per heavy atom. The molecular formula is C12H16N2O5S. The predicted molar refractivity (Wildman–Crippen MR) is 72.2 cm³/mol. The second kappa shape index (κ2) is 5.76. The van der Waals surface area contributed by atoms with Crippen LogP contribution in [0.25, 0.3) is 0 Å². The van der Waals surface area contributed by atoms with Crippen LogP contribution in [-0.2, 0) is 9.84 Å². The summed E-state index contributed by atoms with van der Waals surface area (Å²) in [6.07, 6.45) is 3.03. The number of nitrogens with one attached hydrogen (secondary N) is 1. The fraction of sp³-hybridized carbons (Fsp3) is 0.500. The molecule has 1 unspecified atom stereocenters. The number of aliphatic hydroxyl groups excluding tert-OH is 1. The Kier molecular flexibility index (Phi) is 4.24. The van der Waals surface area contributed by atoms with Crippen molar-refractivity contribution >= 4 is 15.7 Å². The van der Waals surface area contributed by atoms with Crippen LogP contribution in [0.15, 0.2) is 23.3 Å². The molecule has 1 amide bonds. The SMILES string of the molecule is O=C(c1c[nH]ccc1=O)N(CCO)C1CCS(=O)(=O)C1. The Labute approximate surface area is 116 Å². The summed E-state index contributed by atoms with van der Waals surface area (Å²) >= 11 is 0. The van der Waals surface area contributed by atoms with Gasteiger partial charge >= 0.3 is 0 Å². The molecule has 1 aliphatic rings. The molecule has 7 nitrogen and oxygen atoms in total. The summed E-state index contributed by atoms with van der Waals surface area (Å²) in [6.45, 7) is -0.277. The zero-order valence-electron chi connectivity index (χ0n) is 10.8. The van der Waals surface area contributed by atoms with E-state index in [1.54, 1.807) is 0 Å². The molecule has 1 aliphatic heterocycles. The van der Waals surface area contributed by atoms with Crippen LogP contribution < -0.4 is 5.43 Å². The maximum Gasteiger partial charge on any atom is 0.259 e. The number of sulfone groups is 1. The first-order chi connectivity index (χ1) is 9.44. The highest BCUT2D eigenvalue weighted by molar-refractivity contribution is 7.91. The Balaban J connectivity index is 2.28. The molecule has 0 aromatic carbocycles. The predicted octanol–water partition coefficient (Wildman–Crippen LogP) is -1.00. The second-order valence-corrected chi connectivity index (χ2v) is 6.93. The first-order valence-electron chi connectivity index (χ1n) is 6.24. The van der Waals surface area contributed by atoms with Gasteiger partial charge < -0.3 is 15.0 Å². The Hall–Kier alpha value is -1.67. The molecule has 0 bridgehead atoms. The van der Waals surface area contributed by atoms with E-state index in [0.717, 1.165) is 0 Å². The van der Waals surface area contributed by atoms with Gasteiger partial charge in [0, 0.05) is 31.0 Å². The number of rotatable bonds is 4. The molecule has 0 aliphatic carbocycles. The maximum atomic E-state index is 12.4. The number of carbonyl (C=O) groups is 1. The number of aromatic nitrogens is 1. The number of hydrogen-bond donors (Lipinski definition) is 2. The fourth-order valence-electron chi connectivity index (χ4n) is 2.32. The van der Waals surface area contributed by atoms with Gasteiger partial charge in [-0.15, -0.1) is 0 Å². The Morgan fingerprint density at radius 3 is 2.80 bits per heavy atom. The van der Waals surface area contributed by atoms with Gasteiger partial charge in [0.1, 0.15) is 5.56 Å². The van der Waals surface area contributed by atoms with Crippen LogP contribution in [0.1, 0.15) is 16.8 Å². The summed E-state index contributed by atoms with van der Waals surface area (Å²) in [7, 11) is -3.15. The number of hydrogen-bond acceptors (Lipinski definition) is 5. The number of carbonyl (C=O) groups excluding carboxylic acids is 1. The lowest BCUT2D eigenvalue weighted by atomic mass is 10.1. The van der Waals surface area contributed by atoms with Crippen molar-refractivity contribution in [1.29, 1.82) is 0 Å². The Bertz CT molecular complexity index is 652. The van der Waals surface area contributed by atoms with Crippen molar-refractivity contribution in [3.63, 3.8) is 0 Å². The number of pyridine rings is 1. The minimum atomic E-state index is -3.15. The molecule has 20 heavy (non-hydrogen) atoms. The summed E-state index contributed by atoms with van der Waals surface area (Å²) in [5.74, 6) is -0.649. The van der Waals surface area contributed by atoms with Crippen molar-refractivity contribution in [1.82, 2.24) is 9.88 Å². The molecule has 8 heteroatoms. The van der Waals surface area contributed by atoms with Crippen molar-refractivity contribution in [3.05, 3.63) is 34.2 Å². The van der Waals surface area contributed by atoms with Gasteiger partial charge in [0.25, 0.3) is 5.91 Å². The molecule has 1 saturated heterocycles. The third kappa shape index (κ3) is 3.07. The molecule has 1 atom stereocenters. The molecule has 2 rings (SSSR count). The van der Waals surface area contributed by atoms with Crippen molar-refractivity contribution in [2.45, 2.75) is 12.5 Å². The third-order valence-corrected chi connectivity index (χ3v) is 5.06. The molecule has 1 aromatic heterocycles. The van der Waals surface area contributed by atoms with Gasteiger partial charge in [0.2, 0.25) is 0 Å². The smallest absolute Gasteiger partial charge is 0.259 e. The fourth-order valence-corrected chi connectivity index (χ4v) is 4.05. The van der Waals surface area contributed by atoms with Gasteiger partial charge in [-0.1, -0.05) is 0 Å². The topological polar surface area (TPSA) is 108 Å². The van der Waals surface area contributed by atoms with Gasteiger partial charge in [-0.05, 0) is 6.42 Å². The summed E-state index contributed by atoms with van der Waals surface area (Å²) in [6, 6.07) is 0.745. The number of H-pyrrole nitrogens is 1. The van der Waals surface area contributed by atoms with Crippen molar-refractivity contribution in [3.8, 4) is 0 Å². The summed E-state index contributed by atoms with van der Waals surface area (Å²) in [4.78, 5) is 27.9. The molecule has 1 fully saturated rings. The van der Waals surface area contributed by atoms with E-state index in [1.165, 1.54) is 23.4 Å². The molecule has 1 aromatic rings. The summed E-state index contributed by atoms with van der Waals surface area (Å²) in [5.41, 5.74) is -0.484. The van der Waals surface area contributed by atoms with Crippen molar-refractivity contribution in [2.75, 3.05) is 24.7 Å². The molecule has 0 saturated carbocycles. The van der Waals surface area contributed by atoms with Crippen LogP contribution in [0, 0.1) is 0 Å². The van der Waals surface area contributed by atoms with Gasteiger partial charge in [-0.3, -0.25) is 9.59 Å². The van der Waals surface area contributed by atoms with Gasteiger partial charge in [-0.2, -0.15) is 0 Å². The van der Waals surface area contributed by atoms with Crippen LogP contribution in [0.2, 0.25) is 0 Å². The standard InChI is InChI=1S/C12H16N2O5S/c15-5-4-14(9-2-6-20(18,19)8-9)12(17)10-7-13-3-1-11(10)16/h1,3,7,9,15H,2,4-6,8H2,(H,13,16). The van der Waals surface area contributed by atoms with E-state index in [9.17, 15) is 18.0 Å². The van der Waals surface area contributed by atoms with E-state index in [2.05, 4.69) is 4.98 Å². The average molecular weight is 300 g/mol. The van der Waals surface area contributed by atoms with E-state index in [-0.39, 0.29) is 30.2 Å². The number of amides is 1. The normalized spacial score (nSPS) is 20.8. The minimum Gasteiger partial charge on any atom is -0.395 e. The minimum absolute atomic E-state index is 0.00730. The molecule has 2 heterocycles. The molecule has 110 valence electrons. The first-order valence-corrected chi connectivity index (χ1v) is 8.06.